The maximum Gasteiger partial charge on any atom is 0.274 e. The van der Waals surface area contributed by atoms with Crippen LogP contribution in [0.2, 0.25) is 0 Å². The molecule has 2 aliphatic heterocycles. The average molecular weight is 446 g/mol. The Balaban J connectivity index is 1.16. The molecule has 0 saturated carbocycles. The van der Waals surface area contributed by atoms with Crippen molar-refractivity contribution in [1.82, 2.24) is 24.8 Å². The number of carbonyl (C=O) groups excluding carboxylic acids is 2. The van der Waals surface area contributed by atoms with E-state index >= 15 is 0 Å². The van der Waals surface area contributed by atoms with E-state index in [1.54, 1.807) is 23.6 Å². The number of nitrogens with one attached hydrogen (secondary N) is 1. The van der Waals surface area contributed by atoms with Gasteiger partial charge in [-0.05, 0) is 36.1 Å². The summed E-state index contributed by atoms with van der Waals surface area (Å²) in [4.78, 5) is 35.9. The van der Waals surface area contributed by atoms with Gasteiger partial charge >= 0.3 is 0 Å². The van der Waals surface area contributed by atoms with Crippen LogP contribution in [0.4, 0.5) is 0 Å². The highest BCUT2D eigenvalue weighted by molar-refractivity contribution is 5.93. The summed E-state index contributed by atoms with van der Waals surface area (Å²) in [6.07, 6.45) is 6.42. The van der Waals surface area contributed by atoms with Crippen molar-refractivity contribution in [2.45, 2.75) is 38.6 Å². The van der Waals surface area contributed by atoms with Gasteiger partial charge in [0.25, 0.3) is 5.91 Å². The van der Waals surface area contributed by atoms with Gasteiger partial charge in [0.15, 0.2) is 5.69 Å². The summed E-state index contributed by atoms with van der Waals surface area (Å²) in [6, 6.07) is 13.9. The third-order valence-electron chi connectivity index (χ3n) is 6.47. The fraction of sp³-hybridized carbons (Fsp3) is 0.360. The van der Waals surface area contributed by atoms with Gasteiger partial charge in [0.05, 0.1) is 25.2 Å². The highest BCUT2D eigenvalue weighted by Gasteiger charge is 2.32. The van der Waals surface area contributed by atoms with Gasteiger partial charge in [-0.2, -0.15) is 0 Å². The lowest BCUT2D eigenvalue weighted by Crippen LogP contribution is -2.43. The summed E-state index contributed by atoms with van der Waals surface area (Å²) in [5, 5.41) is 3.00. The summed E-state index contributed by atoms with van der Waals surface area (Å²) in [7, 11) is 0. The van der Waals surface area contributed by atoms with Crippen LogP contribution in [0.1, 0.15) is 46.3 Å². The molecule has 5 rings (SSSR count). The Morgan fingerprint density at radius 1 is 1.06 bits per heavy atom. The van der Waals surface area contributed by atoms with E-state index < -0.39 is 0 Å². The van der Waals surface area contributed by atoms with Crippen molar-refractivity contribution in [3.63, 3.8) is 0 Å². The molecule has 1 atom stereocenters. The van der Waals surface area contributed by atoms with E-state index in [4.69, 9.17) is 4.74 Å². The molecule has 1 fully saturated rings. The number of likely N-dealkylation sites (tertiary alicyclic amines) is 1. The molecule has 8 nitrogen and oxygen atoms in total. The van der Waals surface area contributed by atoms with Crippen molar-refractivity contribution in [1.29, 1.82) is 0 Å². The Kier molecular flexibility index (Phi) is 6.17. The molecule has 1 saturated heterocycles. The number of carbonyl (C=O) groups is 2. The van der Waals surface area contributed by atoms with Crippen molar-refractivity contribution in [3.8, 4) is 0 Å². The van der Waals surface area contributed by atoms with Gasteiger partial charge in [0.1, 0.15) is 6.10 Å². The molecule has 2 aliphatic rings. The Morgan fingerprint density at radius 2 is 1.82 bits per heavy atom. The third-order valence-corrected chi connectivity index (χ3v) is 6.47. The number of pyridine rings is 1. The van der Waals surface area contributed by atoms with Crippen LogP contribution in [0.25, 0.3) is 0 Å². The number of piperidine rings is 1. The molecule has 0 radical (unpaired) electrons. The molecule has 0 spiro atoms. The zero-order valence-corrected chi connectivity index (χ0v) is 18.4. The van der Waals surface area contributed by atoms with Crippen LogP contribution in [0, 0.1) is 5.92 Å². The molecule has 2 amide bonds. The molecule has 170 valence electrons. The average Bonchev–Trinajstić information content (AvgIpc) is 3.31. The number of fused-ring (bicyclic) bond motifs is 1. The van der Waals surface area contributed by atoms with Crippen molar-refractivity contribution in [3.05, 3.63) is 83.7 Å². The Labute approximate surface area is 192 Å². The summed E-state index contributed by atoms with van der Waals surface area (Å²) in [5.41, 5.74) is 3.42. The fourth-order valence-electron chi connectivity index (χ4n) is 4.50. The molecular formula is C25H27N5O3. The minimum absolute atomic E-state index is 0.0404. The first kappa shape index (κ1) is 21.3. The summed E-state index contributed by atoms with van der Waals surface area (Å²) >= 11 is 0. The smallest absolute Gasteiger partial charge is 0.274 e. The molecule has 0 aliphatic carbocycles. The molecule has 8 heteroatoms. The highest BCUT2D eigenvalue weighted by Crippen LogP contribution is 2.28. The SMILES string of the molecule is O=C(NCc1ccncc1)C1CCN(C(=O)c2ncn3c2COC(c2ccccc2)C3)CC1. The topological polar surface area (TPSA) is 89.4 Å². The number of benzene rings is 1. The van der Waals surface area contributed by atoms with E-state index in [0.717, 1.165) is 16.8 Å². The Hall–Kier alpha value is -3.52. The zero-order valence-electron chi connectivity index (χ0n) is 18.4. The lowest BCUT2D eigenvalue weighted by atomic mass is 9.95. The molecule has 0 bridgehead atoms. The first-order valence-corrected chi connectivity index (χ1v) is 11.4. The number of ether oxygens (including phenoxy) is 1. The molecule has 33 heavy (non-hydrogen) atoms. The van der Waals surface area contributed by atoms with E-state index in [-0.39, 0.29) is 23.8 Å². The number of rotatable bonds is 5. The van der Waals surface area contributed by atoms with Gasteiger partial charge in [0, 0.05) is 37.9 Å². The summed E-state index contributed by atoms with van der Waals surface area (Å²) < 4.78 is 8.07. The Bertz CT molecular complexity index is 1110. The van der Waals surface area contributed by atoms with Gasteiger partial charge in [-0.15, -0.1) is 0 Å². The second-order valence-electron chi connectivity index (χ2n) is 8.54. The first-order chi connectivity index (χ1) is 16.2. The van der Waals surface area contributed by atoms with Crippen LogP contribution in [0.3, 0.4) is 0 Å². The quantitative estimate of drug-likeness (QED) is 0.652. The van der Waals surface area contributed by atoms with Crippen molar-refractivity contribution >= 4 is 11.8 Å². The number of nitrogens with zero attached hydrogens (tertiary/aromatic N) is 4. The van der Waals surface area contributed by atoms with Crippen molar-refractivity contribution in [2.75, 3.05) is 13.1 Å². The normalized spacial score (nSPS) is 18.5. The molecule has 1 N–H and O–H groups in total. The van der Waals surface area contributed by atoms with Crippen LogP contribution in [-0.2, 0) is 29.2 Å². The standard InChI is InChI=1S/C25H27N5O3/c31-24(27-14-18-6-10-26-11-7-18)20-8-12-29(13-9-20)25(32)23-21-16-33-22(15-30(21)17-28-23)19-4-2-1-3-5-19/h1-7,10-11,17,20,22H,8-9,12-16H2,(H,27,31). The van der Waals surface area contributed by atoms with E-state index in [1.807, 2.05) is 34.9 Å². The number of imidazole rings is 1. The molecular weight excluding hydrogens is 418 g/mol. The highest BCUT2D eigenvalue weighted by atomic mass is 16.5. The van der Waals surface area contributed by atoms with E-state index in [1.165, 1.54) is 0 Å². The second kappa shape index (κ2) is 9.54. The zero-order chi connectivity index (χ0) is 22.6. The number of hydrogen-bond donors (Lipinski definition) is 1. The third kappa shape index (κ3) is 4.66. The van der Waals surface area contributed by atoms with Crippen molar-refractivity contribution in [2.24, 2.45) is 5.92 Å². The Morgan fingerprint density at radius 3 is 2.58 bits per heavy atom. The van der Waals surface area contributed by atoms with E-state index in [2.05, 4.69) is 27.4 Å². The van der Waals surface area contributed by atoms with Gasteiger partial charge in [0.2, 0.25) is 5.91 Å². The second-order valence-corrected chi connectivity index (χ2v) is 8.54. The van der Waals surface area contributed by atoms with Gasteiger partial charge in [-0.3, -0.25) is 14.6 Å². The number of amides is 2. The van der Waals surface area contributed by atoms with Crippen molar-refractivity contribution < 1.29 is 14.3 Å². The fourth-order valence-corrected chi connectivity index (χ4v) is 4.50. The van der Waals surface area contributed by atoms with Crippen LogP contribution in [0.5, 0.6) is 0 Å². The first-order valence-electron chi connectivity index (χ1n) is 11.4. The number of aromatic nitrogens is 3. The van der Waals surface area contributed by atoms with Crippen LogP contribution in [-0.4, -0.2) is 44.3 Å². The number of hydrogen-bond acceptors (Lipinski definition) is 5. The maximum absolute atomic E-state index is 13.2. The molecule has 3 aromatic rings. The lowest BCUT2D eigenvalue weighted by Gasteiger charge is -2.31. The molecule has 2 aromatic heterocycles. The molecule has 4 heterocycles. The van der Waals surface area contributed by atoms with Gasteiger partial charge in [-0.1, -0.05) is 30.3 Å². The van der Waals surface area contributed by atoms with Gasteiger partial charge < -0.3 is 19.5 Å². The lowest BCUT2D eigenvalue weighted by molar-refractivity contribution is -0.126. The minimum atomic E-state index is -0.0823. The van der Waals surface area contributed by atoms with Gasteiger partial charge in [-0.25, -0.2) is 4.98 Å². The summed E-state index contributed by atoms with van der Waals surface area (Å²) in [6.45, 7) is 2.58. The molecule has 1 aromatic carbocycles. The minimum Gasteiger partial charge on any atom is -0.365 e. The predicted octanol–water partition coefficient (Wildman–Crippen LogP) is 2.72. The van der Waals surface area contributed by atoms with Crippen LogP contribution < -0.4 is 5.32 Å². The van der Waals surface area contributed by atoms with E-state index in [0.29, 0.717) is 51.3 Å². The summed E-state index contributed by atoms with van der Waals surface area (Å²) in [5.74, 6) is -0.124. The largest absolute Gasteiger partial charge is 0.365 e. The van der Waals surface area contributed by atoms with Crippen LogP contribution in [0.15, 0.2) is 61.2 Å². The predicted molar refractivity (Wildman–Crippen MR) is 121 cm³/mol. The van der Waals surface area contributed by atoms with Crippen LogP contribution >= 0.6 is 0 Å². The maximum atomic E-state index is 13.2. The molecule has 1 unspecified atom stereocenters. The monoisotopic (exact) mass is 445 g/mol. The van der Waals surface area contributed by atoms with E-state index in [9.17, 15) is 9.59 Å².